The first-order valence-electron chi connectivity index (χ1n) is 13.0. The van der Waals surface area contributed by atoms with E-state index in [1.54, 1.807) is 6.92 Å². The third-order valence-corrected chi connectivity index (χ3v) is 9.17. The molecule has 2 aromatic carbocycles. The molecule has 12 heteroatoms. The summed E-state index contributed by atoms with van der Waals surface area (Å²) in [5, 5.41) is 34.3. The molecule has 3 aliphatic rings. The summed E-state index contributed by atoms with van der Waals surface area (Å²) in [7, 11) is 1.34. The number of ether oxygens (including phenoxy) is 4. The maximum Gasteiger partial charge on any atom is 0.303 e. The molecule has 0 amide bonds. The van der Waals surface area contributed by atoms with Crippen molar-refractivity contribution in [3.05, 3.63) is 51.6 Å². The molecule has 0 spiro atoms. The van der Waals surface area contributed by atoms with E-state index in [0.717, 1.165) is 0 Å². The minimum atomic E-state index is -2.00. The van der Waals surface area contributed by atoms with Crippen LogP contribution in [0.4, 0.5) is 0 Å². The van der Waals surface area contributed by atoms with E-state index in [2.05, 4.69) is 22.6 Å². The average Bonchev–Trinajstić information content (AvgIpc) is 2.90. The molecule has 1 unspecified atom stereocenters. The van der Waals surface area contributed by atoms with Crippen LogP contribution in [0.1, 0.15) is 82.7 Å². The molecule has 1 saturated heterocycles. The number of rotatable bonds is 5. The molecule has 0 saturated carbocycles. The van der Waals surface area contributed by atoms with Gasteiger partial charge in [0.1, 0.15) is 29.0 Å². The number of fused-ring (bicyclic) bond motifs is 3. The fraction of sp³-hybridized carbons (Fsp3) is 0.448. The van der Waals surface area contributed by atoms with Gasteiger partial charge in [-0.1, -0.05) is 34.7 Å². The van der Waals surface area contributed by atoms with Crippen molar-refractivity contribution >= 4 is 45.9 Å². The van der Waals surface area contributed by atoms with Crippen LogP contribution in [-0.4, -0.2) is 73.8 Å². The molecule has 1 fully saturated rings. The highest BCUT2D eigenvalue weighted by atomic mass is 127. The van der Waals surface area contributed by atoms with E-state index in [9.17, 15) is 34.5 Å². The summed E-state index contributed by atoms with van der Waals surface area (Å²) in [6.07, 6.45) is -3.70. The Hall–Kier alpha value is -3.07. The van der Waals surface area contributed by atoms with E-state index in [1.807, 2.05) is 0 Å². The summed E-state index contributed by atoms with van der Waals surface area (Å²) < 4.78 is 22.7. The summed E-state index contributed by atoms with van der Waals surface area (Å²) in [4.78, 5) is 51.4. The quantitative estimate of drug-likeness (QED) is 0.157. The zero-order valence-corrected chi connectivity index (χ0v) is 24.9. The van der Waals surface area contributed by atoms with E-state index >= 15 is 0 Å². The molecule has 2 aromatic rings. The Morgan fingerprint density at radius 1 is 1.07 bits per heavy atom. The number of Topliss-reactive ketones (excluding diaryl/α,β-unsaturated/α-hetero) is 1. The minimum absolute atomic E-state index is 0.0121. The van der Waals surface area contributed by atoms with Gasteiger partial charge in [-0.2, -0.15) is 0 Å². The summed E-state index contributed by atoms with van der Waals surface area (Å²) in [6, 6.07) is 4.45. The molecule has 5 rings (SSSR count). The van der Waals surface area contributed by atoms with E-state index in [4.69, 9.17) is 18.9 Å². The SMILES string of the molecule is COc1cccc2c1C(=O)c1c(O)c3c(c(O)c1C2=O)C[C@@](O)(C(C)=O)C[C@@H]3OC1C[C@H](I)[C@@H](OC(C)=O)[C@H](C)O1. The Balaban J connectivity index is 1.62. The van der Waals surface area contributed by atoms with Gasteiger partial charge in [-0.15, -0.1) is 0 Å². The number of methoxy groups -OCH3 is 1. The maximum absolute atomic E-state index is 13.7. The van der Waals surface area contributed by atoms with Crippen molar-refractivity contribution in [1.29, 1.82) is 0 Å². The number of carbonyl (C=O) groups excluding carboxylic acids is 4. The standard InChI is InChI=1S/C29H29IO11/c1-11-28(40-13(3)32)16(30)8-19(39-11)41-18-10-29(37,12(2)31)9-15-21(18)27(36)23-22(25(15)34)24(33)14-6-5-7-17(38-4)20(14)26(23)35/h5-7,11,16,18-19,28,34,36-37H,8-10H2,1-4H3/t11-,16-,18-,19?,28-,29-/m0/s1. The van der Waals surface area contributed by atoms with Crippen LogP contribution in [0.5, 0.6) is 17.2 Å². The lowest BCUT2D eigenvalue weighted by Crippen LogP contribution is -2.49. The second kappa shape index (κ2) is 10.6. The Morgan fingerprint density at radius 3 is 2.37 bits per heavy atom. The van der Waals surface area contributed by atoms with Gasteiger partial charge in [-0.05, 0) is 19.9 Å². The number of aliphatic hydroxyl groups is 1. The molecule has 218 valence electrons. The Morgan fingerprint density at radius 2 is 1.76 bits per heavy atom. The van der Waals surface area contributed by atoms with Gasteiger partial charge in [0.2, 0.25) is 5.78 Å². The van der Waals surface area contributed by atoms with Gasteiger partial charge in [-0.3, -0.25) is 19.2 Å². The molecule has 41 heavy (non-hydrogen) atoms. The Bertz CT molecular complexity index is 1470. The number of halogens is 1. The topological polar surface area (TPSA) is 166 Å². The van der Waals surface area contributed by atoms with Crippen LogP contribution < -0.4 is 4.74 Å². The minimum Gasteiger partial charge on any atom is -0.507 e. The number of hydrogen-bond acceptors (Lipinski definition) is 11. The highest BCUT2D eigenvalue weighted by Gasteiger charge is 2.49. The van der Waals surface area contributed by atoms with Crippen molar-refractivity contribution in [2.24, 2.45) is 0 Å². The van der Waals surface area contributed by atoms with Gasteiger partial charge < -0.3 is 34.3 Å². The van der Waals surface area contributed by atoms with Gasteiger partial charge in [0, 0.05) is 42.9 Å². The van der Waals surface area contributed by atoms with Crippen molar-refractivity contribution in [2.45, 2.75) is 74.2 Å². The third kappa shape index (κ3) is 4.80. The lowest BCUT2D eigenvalue weighted by molar-refractivity contribution is -0.243. The molecule has 1 aliphatic heterocycles. The van der Waals surface area contributed by atoms with Crippen LogP contribution in [0, 0.1) is 0 Å². The van der Waals surface area contributed by atoms with E-state index in [0.29, 0.717) is 0 Å². The zero-order valence-electron chi connectivity index (χ0n) is 22.7. The van der Waals surface area contributed by atoms with E-state index in [-0.39, 0.29) is 44.8 Å². The van der Waals surface area contributed by atoms with Crippen LogP contribution in [0.15, 0.2) is 18.2 Å². The van der Waals surface area contributed by atoms with Gasteiger partial charge in [0.15, 0.2) is 17.9 Å². The van der Waals surface area contributed by atoms with Gasteiger partial charge in [-0.25, -0.2) is 0 Å². The predicted octanol–water partition coefficient (Wildman–Crippen LogP) is 3.08. The number of carbonyl (C=O) groups is 4. The van der Waals surface area contributed by atoms with E-state index in [1.165, 1.54) is 39.2 Å². The number of aromatic hydroxyl groups is 2. The monoisotopic (exact) mass is 680 g/mol. The maximum atomic E-state index is 13.7. The molecule has 2 aliphatic carbocycles. The smallest absolute Gasteiger partial charge is 0.303 e. The molecule has 0 bridgehead atoms. The molecule has 1 heterocycles. The number of esters is 1. The summed E-state index contributed by atoms with van der Waals surface area (Å²) in [5.41, 5.74) is -2.98. The number of alkyl halides is 1. The third-order valence-electron chi connectivity index (χ3n) is 7.95. The molecule has 3 N–H and O–H groups in total. The van der Waals surface area contributed by atoms with Gasteiger partial charge in [0.05, 0.1) is 39.9 Å². The first-order chi connectivity index (χ1) is 19.3. The van der Waals surface area contributed by atoms with Crippen molar-refractivity contribution in [1.82, 2.24) is 0 Å². The second-order valence-electron chi connectivity index (χ2n) is 10.6. The largest absolute Gasteiger partial charge is 0.507 e. The number of benzene rings is 2. The van der Waals surface area contributed by atoms with Crippen molar-refractivity contribution < 1.29 is 53.4 Å². The molecular weight excluding hydrogens is 651 g/mol. The second-order valence-corrected chi connectivity index (χ2v) is 12.2. The molecular formula is C29H29IO11. The Labute approximate surface area is 248 Å². The average molecular weight is 680 g/mol. The highest BCUT2D eigenvalue weighted by molar-refractivity contribution is 14.1. The molecule has 11 nitrogen and oxygen atoms in total. The first kappa shape index (κ1) is 29.4. The summed E-state index contributed by atoms with van der Waals surface area (Å²) in [5.74, 6) is -3.59. The highest BCUT2D eigenvalue weighted by Crippen LogP contribution is 2.52. The van der Waals surface area contributed by atoms with Crippen LogP contribution in [0.3, 0.4) is 0 Å². The lowest BCUT2D eigenvalue weighted by atomic mass is 9.72. The lowest BCUT2D eigenvalue weighted by Gasteiger charge is -2.42. The fourth-order valence-corrected chi connectivity index (χ4v) is 7.07. The van der Waals surface area contributed by atoms with Crippen molar-refractivity contribution in [2.75, 3.05) is 7.11 Å². The Kier molecular flexibility index (Phi) is 7.64. The summed E-state index contributed by atoms with van der Waals surface area (Å²) >= 11 is 2.12. The van der Waals surface area contributed by atoms with Crippen LogP contribution in [-0.2, 0) is 30.2 Å². The van der Waals surface area contributed by atoms with Crippen LogP contribution in [0.2, 0.25) is 0 Å². The number of phenolic OH excluding ortho intramolecular Hbond substituents is 2. The number of ketones is 3. The van der Waals surface area contributed by atoms with E-state index < -0.39 is 82.6 Å². The first-order valence-corrected chi connectivity index (χ1v) is 14.3. The predicted molar refractivity (Wildman–Crippen MR) is 150 cm³/mol. The van der Waals surface area contributed by atoms with Crippen LogP contribution in [0.25, 0.3) is 0 Å². The number of phenols is 2. The zero-order chi connectivity index (χ0) is 30.0. The van der Waals surface area contributed by atoms with Crippen LogP contribution >= 0.6 is 22.6 Å². The molecule has 6 atom stereocenters. The van der Waals surface area contributed by atoms with Crippen molar-refractivity contribution in [3.63, 3.8) is 0 Å². The van der Waals surface area contributed by atoms with Gasteiger partial charge >= 0.3 is 5.97 Å². The van der Waals surface area contributed by atoms with Crippen molar-refractivity contribution in [3.8, 4) is 17.2 Å². The summed E-state index contributed by atoms with van der Waals surface area (Å²) in [6.45, 7) is 4.21. The fourth-order valence-electron chi connectivity index (χ4n) is 5.92. The molecule has 0 aromatic heterocycles. The number of hydrogen-bond donors (Lipinski definition) is 3. The van der Waals surface area contributed by atoms with Gasteiger partial charge in [0.25, 0.3) is 0 Å². The molecule has 0 radical (unpaired) electrons. The normalized spacial score (nSPS) is 28.8.